The van der Waals surface area contributed by atoms with Gasteiger partial charge in [-0.2, -0.15) is 4.52 Å². The van der Waals surface area contributed by atoms with Crippen molar-refractivity contribution < 1.29 is 0 Å². The van der Waals surface area contributed by atoms with Crippen LogP contribution in [0.5, 0.6) is 0 Å². The predicted molar refractivity (Wildman–Crippen MR) is 92.2 cm³/mol. The molecule has 0 aliphatic rings. The zero-order valence-electron chi connectivity index (χ0n) is 12.1. The minimum absolute atomic E-state index is 0.121. The summed E-state index contributed by atoms with van der Waals surface area (Å²) < 4.78 is 2.21. The molecule has 1 unspecified atom stereocenters. The Labute approximate surface area is 141 Å². The molecule has 0 radical (unpaired) electrons. The first kappa shape index (κ1) is 15.5. The largest absolute Gasteiger partial charge is 0.275 e. The minimum Gasteiger partial charge on any atom is -0.267 e. The van der Waals surface area contributed by atoms with Crippen LogP contribution in [0, 0.1) is 0 Å². The molecular formula is C15H14ClN3OS2. The maximum atomic E-state index is 12.0. The number of aryl methyl sites for hydroxylation is 1. The van der Waals surface area contributed by atoms with E-state index in [9.17, 15) is 4.79 Å². The van der Waals surface area contributed by atoms with E-state index in [0.717, 1.165) is 21.5 Å². The average Bonchev–Trinajstić information content (AvgIpc) is 2.90. The molecule has 2 heterocycles. The van der Waals surface area contributed by atoms with Gasteiger partial charge in [0.15, 0.2) is 4.34 Å². The SMILES string of the molecule is CCc1cc(=O)n2nc(SC(C)c3ccc(Cl)cc3)sc2n1. The molecule has 1 aromatic carbocycles. The summed E-state index contributed by atoms with van der Waals surface area (Å²) in [6.07, 6.45) is 0.743. The minimum atomic E-state index is -0.121. The number of nitrogens with zero attached hydrogens (tertiary/aromatic N) is 3. The second-order valence-corrected chi connectivity index (χ2v) is 7.79. The standard InChI is InChI=1S/C15H14ClN3OS2/c1-3-12-8-13(20)19-14(17-12)22-15(18-19)21-9(2)10-4-6-11(16)7-5-10/h4-9H,3H2,1-2H3. The Kier molecular flexibility index (Phi) is 4.52. The smallest absolute Gasteiger partial charge is 0.267 e. The predicted octanol–water partition coefficient (Wildman–Crippen LogP) is 4.22. The molecule has 4 nitrogen and oxygen atoms in total. The lowest BCUT2D eigenvalue weighted by Gasteiger charge is -2.08. The van der Waals surface area contributed by atoms with Crippen molar-refractivity contribution in [2.24, 2.45) is 0 Å². The van der Waals surface area contributed by atoms with E-state index >= 15 is 0 Å². The van der Waals surface area contributed by atoms with Crippen molar-refractivity contribution >= 4 is 39.7 Å². The Morgan fingerprint density at radius 1 is 1.36 bits per heavy atom. The summed E-state index contributed by atoms with van der Waals surface area (Å²) in [6, 6.07) is 9.32. The van der Waals surface area contributed by atoms with Crippen LogP contribution in [0.1, 0.15) is 30.4 Å². The summed E-state index contributed by atoms with van der Waals surface area (Å²) in [5, 5.41) is 5.31. The normalized spacial score (nSPS) is 12.7. The lowest BCUT2D eigenvalue weighted by Crippen LogP contribution is -2.15. The lowest BCUT2D eigenvalue weighted by molar-refractivity contribution is 0.840. The monoisotopic (exact) mass is 351 g/mol. The van der Waals surface area contributed by atoms with Crippen LogP contribution in [0.3, 0.4) is 0 Å². The number of aromatic nitrogens is 3. The fourth-order valence-electron chi connectivity index (χ4n) is 2.02. The molecule has 114 valence electrons. The van der Waals surface area contributed by atoms with Gasteiger partial charge in [0.1, 0.15) is 0 Å². The highest BCUT2D eigenvalue weighted by Crippen LogP contribution is 2.36. The van der Waals surface area contributed by atoms with E-state index in [2.05, 4.69) is 17.0 Å². The Hall–Kier alpha value is -1.37. The Balaban J connectivity index is 1.89. The van der Waals surface area contributed by atoms with Gasteiger partial charge in [-0.25, -0.2) is 4.98 Å². The molecule has 2 aromatic heterocycles. The quantitative estimate of drug-likeness (QED) is 0.660. The molecule has 0 aliphatic carbocycles. The third-order valence-electron chi connectivity index (χ3n) is 3.26. The van der Waals surface area contributed by atoms with Crippen LogP contribution >= 0.6 is 34.7 Å². The molecule has 22 heavy (non-hydrogen) atoms. The second kappa shape index (κ2) is 6.40. The second-order valence-electron chi connectivity index (χ2n) is 4.81. The van der Waals surface area contributed by atoms with Gasteiger partial charge in [0.2, 0.25) is 4.96 Å². The molecule has 0 spiro atoms. The first-order valence-corrected chi connectivity index (χ1v) is 8.96. The lowest BCUT2D eigenvalue weighted by atomic mass is 10.2. The van der Waals surface area contributed by atoms with Crippen LogP contribution in [0.2, 0.25) is 5.02 Å². The molecule has 0 N–H and O–H groups in total. The zero-order valence-corrected chi connectivity index (χ0v) is 14.5. The highest BCUT2D eigenvalue weighted by atomic mass is 35.5. The van der Waals surface area contributed by atoms with E-state index in [1.807, 2.05) is 31.2 Å². The first-order valence-electron chi connectivity index (χ1n) is 6.88. The van der Waals surface area contributed by atoms with E-state index in [1.165, 1.54) is 21.4 Å². The van der Waals surface area contributed by atoms with E-state index in [1.54, 1.807) is 17.8 Å². The molecule has 3 aromatic rings. The number of hydrogen-bond donors (Lipinski definition) is 0. The Morgan fingerprint density at radius 3 is 2.77 bits per heavy atom. The Morgan fingerprint density at radius 2 is 2.09 bits per heavy atom. The molecule has 3 rings (SSSR count). The number of hydrogen-bond acceptors (Lipinski definition) is 5. The van der Waals surface area contributed by atoms with E-state index < -0.39 is 0 Å². The van der Waals surface area contributed by atoms with Crippen LogP contribution < -0.4 is 5.56 Å². The molecule has 1 atom stereocenters. The van der Waals surface area contributed by atoms with Crippen molar-refractivity contribution in [3.05, 3.63) is 57.0 Å². The van der Waals surface area contributed by atoms with Gasteiger partial charge >= 0.3 is 0 Å². The van der Waals surface area contributed by atoms with Crippen molar-refractivity contribution in [3.63, 3.8) is 0 Å². The van der Waals surface area contributed by atoms with Gasteiger partial charge < -0.3 is 0 Å². The third kappa shape index (κ3) is 3.19. The molecule has 0 aliphatic heterocycles. The van der Waals surface area contributed by atoms with Crippen LogP contribution in [0.4, 0.5) is 0 Å². The van der Waals surface area contributed by atoms with Crippen LogP contribution in [-0.2, 0) is 6.42 Å². The fourth-order valence-corrected chi connectivity index (χ4v) is 4.38. The number of halogens is 1. The van der Waals surface area contributed by atoms with Crippen molar-refractivity contribution in [3.8, 4) is 0 Å². The summed E-state index contributed by atoms with van der Waals surface area (Å²) in [5.74, 6) is 0. The molecule has 0 fully saturated rings. The van der Waals surface area contributed by atoms with E-state index in [4.69, 9.17) is 11.6 Å². The summed E-state index contributed by atoms with van der Waals surface area (Å²) >= 11 is 8.97. The summed E-state index contributed by atoms with van der Waals surface area (Å²) in [6.45, 7) is 4.09. The zero-order chi connectivity index (χ0) is 15.7. The molecule has 0 amide bonds. The first-order chi connectivity index (χ1) is 10.6. The molecule has 0 bridgehead atoms. The third-order valence-corrected chi connectivity index (χ3v) is 5.66. The maximum Gasteiger partial charge on any atom is 0.275 e. The number of thioether (sulfide) groups is 1. The highest BCUT2D eigenvalue weighted by Gasteiger charge is 2.13. The van der Waals surface area contributed by atoms with Gasteiger partial charge in [-0.15, -0.1) is 5.10 Å². The number of benzene rings is 1. The highest BCUT2D eigenvalue weighted by molar-refractivity contribution is 8.01. The van der Waals surface area contributed by atoms with Crippen molar-refractivity contribution in [2.75, 3.05) is 0 Å². The topological polar surface area (TPSA) is 47.3 Å². The van der Waals surface area contributed by atoms with Gasteiger partial charge in [0, 0.05) is 22.0 Å². The van der Waals surface area contributed by atoms with E-state index in [-0.39, 0.29) is 10.8 Å². The van der Waals surface area contributed by atoms with Gasteiger partial charge in [0.05, 0.1) is 0 Å². The van der Waals surface area contributed by atoms with Crippen LogP contribution in [0.25, 0.3) is 4.96 Å². The molecule has 0 saturated heterocycles. The average molecular weight is 352 g/mol. The molecular weight excluding hydrogens is 338 g/mol. The van der Waals surface area contributed by atoms with Crippen LogP contribution in [0.15, 0.2) is 39.5 Å². The maximum absolute atomic E-state index is 12.0. The van der Waals surface area contributed by atoms with Gasteiger partial charge in [0.25, 0.3) is 5.56 Å². The fraction of sp³-hybridized carbons (Fsp3) is 0.267. The van der Waals surface area contributed by atoms with Gasteiger partial charge in [-0.1, -0.05) is 53.8 Å². The molecule has 7 heteroatoms. The van der Waals surface area contributed by atoms with Crippen molar-refractivity contribution in [1.29, 1.82) is 0 Å². The van der Waals surface area contributed by atoms with Gasteiger partial charge in [-0.3, -0.25) is 4.79 Å². The summed E-state index contributed by atoms with van der Waals surface area (Å²) in [7, 11) is 0. The van der Waals surface area contributed by atoms with Crippen LogP contribution in [-0.4, -0.2) is 14.6 Å². The molecule has 0 saturated carbocycles. The number of fused-ring (bicyclic) bond motifs is 1. The van der Waals surface area contributed by atoms with Crippen molar-refractivity contribution in [2.45, 2.75) is 29.9 Å². The summed E-state index contributed by atoms with van der Waals surface area (Å²) in [5.41, 5.74) is 1.85. The Bertz CT molecular complexity index is 857. The van der Waals surface area contributed by atoms with Gasteiger partial charge in [-0.05, 0) is 31.0 Å². The number of rotatable bonds is 4. The van der Waals surface area contributed by atoms with Crippen molar-refractivity contribution in [1.82, 2.24) is 14.6 Å². The van der Waals surface area contributed by atoms with E-state index in [0.29, 0.717) is 4.96 Å². The summed E-state index contributed by atoms with van der Waals surface area (Å²) in [4.78, 5) is 17.1.